The normalized spacial score (nSPS) is 11.9. The lowest BCUT2D eigenvalue weighted by Gasteiger charge is -2.24. The van der Waals surface area contributed by atoms with Gasteiger partial charge in [-0.2, -0.15) is 13.2 Å². The Morgan fingerprint density at radius 1 is 1.10 bits per heavy atom. The predicted molar refractivity (Wildman–Crippen MR) is 108 cm³/mol. The highest BCUT2D eigenvalue weighted by Gasteiger charge is 2.27. The molecule has 2 heterocycles. The fourth-order valence-corrected chi connectivity index (χ4v) is 4.00. The number of aromatic nitrogens is 2. The van der Waals surface area contributed by atoms with Crippen molar-refractivity contribution in [2.24, 2.45) is 0 Å². The lowest BCUT2D eigenvalue weighted by atomic mass is 10.1. The van der Waals surface area contributed by atoms with Gasteiger partial charge in [-0.1, -0.05) is 30.3 Å². The van der Waals surface area contributed by atoms with Crippen LogP contribution in [0.5, 0.6) is 0 Å². The minimum atomic E-state index is -4.37. The number of halogens is 3. The molecular weight excluding hydrogens is 403 g/mol. The van der Waals surface area contributed by atoms with Crippen LogP contribution in [0.1, 0.15) is 10.4 Å². The first-order chi connectivity index (χ1) is 13.8. The van der Waals surface area contributed by atoms with Crippen LogP contribution in [0.2, 0.25) is 0 Å². The number of anilines is 1. The van der Waals surface area contributed by atoms with Gasteiger partial charge in [0.15, 0.2) is 5.82 Å². The maximum Gasteiger partial charge on any atom is 0.411 e. The molecule has 0 atom stereocenters. The summed E-state index contributed by atoms with van der Waals surface area (Å²) < 4.78 is 41.8. The molecule has 0 bridgehead atoms. The fourth-order valence-electron chi connectivity index (χ4n) is 2.98. The second kappa shape index (κ2) is 9.06. The van der Waals surface area contributed by atoms with Gasteiger partial charge in [-0.15, -0.1) is 11.3 Å². The third-order valence-corrected chi connectivity index (χ3v) is 5.58. The highest BCUT2D eigenvalue weighted by Crippen LogP contribution is 2.36. The van der Waals surface area contributed by atoms with Gasteiger partial charge >= 0.3 is 6.18 Å². The van der Waals surface area contributed by atoms with E-state index in [4.69, 9.17) is 14.7 Å². The first kappa shape index (κ1) is 21.5. The lowest BCUT2D eigenvalue weighted by Crippen LogP contribution is -2.32. The van der Waals surface area contributed by atoms with Crippen LogP contribution in [0.15, 0.2) is 30.3 Å². The van der Waals surface area contributed by atoms with E-state index in [1.807, 2.05) is 44.2 Å². The van der Waals surface area contributed by atoms with Gasteiger partial charge in [-0.3, -0.25) is 0 Å². The second-order valence-corrected chi connectivity index (χ2v) is 7.78. The van der Waals surface area contributed by atoms with Crippen LogP contribution in [-0.2, 0) is 4.74 Å². The van der Waals surface area contributed by atoms with Crippen LogP contribution >= 0.6 is 11.3 Å². The molecule has 156 valence electrons. The molecule has 2 aromatic heterocycles. The summed E-state index contributed by atoms with van der Waals surface area (Å²) in [6, 6.07) is 9.49. The SMILES string of the molecule is Cc1sc2nc(-c3ccccc3)nc(N(CCO)CCOCC(F)(F)F)c2c1C. The number of aliphatic hydroxyl groups excluding tert-OH is 1. The van der Waals surface area contributed by atoms with Crippen molar-refractivity contribution in [1.29, 1.82) is 0 Å². The average molecular weight is 425 g/mol. The number of hydrogen-bond donors (Lipinski definition) is 1. The van der Waals surface area contributed by atoms with Crippen LogP contribution in [0.3, 0.4) is 0 Å². The van der Waals surface area contributed by atoms with Crippen molar-refractivity contribution in [3.63, 3.8) is 0 Å². The number of hydrogen-bond acceptors (Lipinski definition) is 6. The van der Waals surface area contributed by atoms with E-state index in [2.05, 4.69) is 0 Å². The molecule has 0 saturated carbocycles. The number of ether oxygens (including phenoxy) is 1. The number of benzene rings is 1. The molecule has 29 heavy (non-hydrogen) atoms. The maximum absolute atomic E-state index is 12.4. The van der Waals surface area contributed by atoms with Gasteiger partial charge in [-0.25, -0.2) is 9.97 Å². The van der Waals surface area contributed by atoms with Crippen molar-refractivity contribution in [3.8, 4) is 11.4 Å². The molecule has 0 unspecified atom stereocenters. The van der Waals surface area contributed by atoms with Crippen LogP contribution in [0, 0.1) is 13.8 Å². The molecule has 0 saturated heterocycles. The standard InChI is InChI=1S/C20H22F3N3O2S/c1-13-14(2)29-19-16(13)18(24-17(25-19)15-6-4-3-5-7-15)26(8-10-27)9-11-28-12-20(21,22)23/h3-7,27H,8-12H2,1-2H3. The molecule has 3 aromatic rings. The molecule has 0 fully saturated rings. The third kappa shape index (κ3) is 5.23. The Morgan fingerprint density at radius 3 is 2.48 bits per heavy atom. The van der Waals surface area contributed by atoms with Crippen LogP contribution in [0.25, 0.3) is 21.6 Å². The molecule has 0 radical (unpaired) electrons. The van der Waals surface area contributed by atoms with E-state index in [0.29, 0.717) is 11.6 Å². The van der Waals surface area contributed by atoms with E-state index in [1.165, 1.54) is 0 Å². The van der Waals surface area contributed by atoms with Crippen LogP contribution < -0.4 is 4.90 Å². The highest BCUT2D eigenvalue weighted by atomic mass is 32.1. The molecular formula is C20H22F3N3O2S. The Hall–Kier alpha value is -2.23. The molecule has 3 rings (SSSR count). The Kier molecular flexibility index (Phi) is 6.71. The summed E-state index contributed by atoms with van der Waals surface area (Å²) in [6.45, 7) is 2.78. The second-order valence-electron chi connectivity index (χ2n) is 6.58. The Morgan fingerprint density at radius 2 is 1.83 bits per heavy atom. The number of aliphatic hydroxyl groups is 1. The molecule has 0 aliphatic carbocycles. The quantitative estimate of drug-likeness (QED) is 0.544. The third-order valence-electron chi connectivity index (χ3n) is 4.48. The number of alkyl halides is 3. The van der Waals surface area contributed by atoms with Gasteiger partial charge < -0.3 is 14.7 Å². The molecule has 9 heteroatoms. The fraction of sp³-hybridized carbons (Fsp3) is 0.400. The minimum Gasteiger partial charge on any atom is -0.395 e. The van der Waals surface area contributed by atoms with E-state index < -0.39 is 12.8 Å². The number of thiophene rings is 1. The summed E-state index contributed by atoms with van der Waals surface area (Å²) in [5, 5.41) is 10.4. The zero-order valence-electron chi connectivity index (χ0n) is 16.2. The van der Waals surface area contributed by atoms with Gasteiger partial charge in [0.25, 0.3) is 0 Å². The zero-order valence-corrected chi connectivity index (χ0v) is 17.0. The van der Waals surface area contributed by atoms with E-state index in [0.717, 1.165) is 26.2 Å². The van der Waals surface area contributed by atoms with Crippen molar-refractivity contribution < 1.29 is 23.0 Å². The highest BCUT2D eigenvalue weighted by molar-refractivity contribution is 7.18. The van der Waals surface area contributed by atoms with E-state index in [-0.39, 0.29) is 26.3 Å². The van der Waals surface area contributed by atoms with Crippen molar-refractivity contribution in [2.75, 3.05) is 37.8 Å². The summed E-state index contributed by atoms with van der Waals surface area (Å²) >= 11 is 1.55. The Bertz CT molecular complexity index is 961. The van der Waals surface area contributed by atoms with E-state index >= 15 is 0 Å². The van der Waals surface area contributed by atoms with Crippen molar-refractivity contribution in [3.05, 3.63) is 40.8 Å². The molecule has 1 N–H and O–H groups in total. The lowest BCUT2D eigenvalue weighted by molar-refractivity contribution is -0.173. The summed E-state index contributed by atoms with van der Waals surface area (Å²) in [7, 11) is 0. The van der Waals surface area contributed by atoms with Gasteiger partial charge in [0.2, 0.25) is 0 Å². The van der Waals surface area contributed by atoms with Gasteiger partial charge in [0, 0.05) is 23.5 Å². The Labute approximate surface area is 170 Å². The van der Waals surface area contributed by atoms with Crippen LogP contribution in [0.4, 0.5) is 19.0 Å². The van der Waals surface area contributed by atoms with Crippen LogP contribution in [-0.4, -0.2) is 54.2 Å². The molecule has 0 aliphatic rings. The van der Waals surface area contributed by atoms with Gasteiger partial charge in [0.1, 0.15) is 17.3 Å². The molecule has 1 aromatic carbocycles. The van der Waals surface area contributed by atoms with Crippen molar-refractivity contribution >= 4 is 27.4 Å². The molecule has 5 nitrogen and oxygen atoms in total. The van der Waals surface area contributed by atoms with E-state index in [1.54, 1.807) is 16.2 Å². The van der Waals surface area contributed by atoms with Gasteiger partial charge in [-0.05, 0) is 19.4 Å². The summed E-state index contributed by atoms with van der Waals surface area (Å²) in [6.07, 6.45) is -4.37. The molecule has 0 amide bonds. The largest absolute Gasteiger partial charge is 0.411 e. The van der Waals surface area contributed by atoms with Crippen molar-refractivity contribution in [2.45, 2.75) is 20.0 Å². The first-order valence-corrected chi connectivity index (χ1v) is 9.95. The molecule has 0 aliphatic heterocycles. The Balaban J connectivity index is 1.99. The first-order valence-electron chi connectivity index (χ1n) is 9.13. The number of fused-ring (bicyclic) bond motifs is 1. The zero-order chi connectivity index (χ0) is 21.0. The minimum absolute atomic E-state index is 0.131. The van der Waals surface area contributed by atoms with Gasteiger partial charge in [0.05, 0.1) is 18.6 Å². The monoisotopic (exact) mass is 425 g/mol. The maximum atomic E-state index is 12.4. The number of aryl methyl sites for hydroxylation is 2. The number of rotatable bonds is 8. The smallest absolute Gasteiger partial charge is 0.395 e. The molecule has 0 spiro atoms. The topological polar surface area (TPSA) is 58.5 Å². The summed E-state index contributed by atoms with van der Waals surface area (Å²) in [4.78, 5) is 13.1. The summed E-state index contributed by atoms with van der Waals surface area (Å²) in [5.74, 6) is 1.13. The summed E-state index contributed by atoms with van der Waals surface area (Å²) in [5.41, 5.74) is 1.87. The predicted octanol–water partition coefficient (Wildman–Crippen LogP) is 4.35. The number of nitrogens with zero attached hydrogens (tertiary/aromatic N) is 3. The van der Waals surface area contributed by atoms with E-state index in [9.17, 15) is 18.3 Å². The van der Waals surface area contributed by atoms with Crippen molar-refractivity contribution in [1.82, 2.24) is 9.97 Å². The average Bonchev–Trinajstić information content (AvgIpc) is 2.97.